The van der Waals surface area contributed by atoms with Gasteiger partial charge in [0.2, 0.25) is 0 Å². The van der Waals surface area contributed by atoms with Crippen LogP contribution in [0.5, 0.6) is 5.75 Å². The van der Waals surface area contributed by atoms with Gasteiger partial charge in [-0.05, 0) is 55.0 Å². The second kappa shape index (κ2) is 10.4. The highest BCUT2D eigenvalue weighted by molar-refractivity contribution is 7.98. The molecule has 0 saturated heterocycles. The number of rotatable bonds is 9. The fraction of sp³-hybridized carbons (Fsp3) is 0.435. The van der Waals surface area contributed by atoms with Crippen LogP contribution < -0.4 is 10.1 Å². The van der Waals surface area contributed by atoms with Crippen LogP contribution >= 0.6 is 11.8 Å². The molecule has 0 bridgehead atoms. The van der Waals surface area contributed by atoms with Crippen LogP contribution in [-0.4, -0.2) is 24.3 Å². The highest BCUT2D eigenvalue weighted by Crippen LogP contribution is 2.28. The van der Waals surface area contributed by atoms with Crippen molar-refractivity contribution in [2.45, 2.75) is 52.4 Å². The van der Waals surface area contributed by atoms with Crippen molar-refractivity contribution in [1.82, 2.24) is 5.32 Å². The number of carbonyl (C=O) groups is 1. The zero-order valence-electron chi connectivity index (χ0n) is 17.0. The van der Waals surface area contributed by atoms with Crippen LogP contribution in [0.3, 0.4) is 0 Å². The van der Waals surface area contributed by atoms with Crippen LogP contribution in [0.2, 0.25) is 0 Å². The molecule has 3 nitrogen and oxygen atoms in total. The van der Waals surface area contributed by atoms with Gasteiger partial charge in [-0.25, -0.2) is 0 Å². The van der Waals surface area contributed by atoms with E-state index in [0.29, 0.717) is 12.5 Å². The smallest absolute Gasteiger partial charge is 0.260 e. The second-order valence-electron chi connectivity index (χ2n) is 7.23. The van der Waals surface area contributed by atoms with E-state index in [-0.39, 0.29) is 5.91 Å². The van der Waals surface area contributed by atoms with Crippen molar-refractivity contribution in [3.63, 3.8) is 0 Å². The molecule has 2 aromatic carbocycles. The molecule has 0 unspecified atom stereocenters. The van der Waals surface area contributed by atoms with Crippen LogP contribution in [0.1, 0.15) is 48.9 Å². The Morgan fingerprint density at radius 3 is 2.56 bits per heavy atom. The van der Waals surface area contributed by atoms with Gasteiger partial charge in [-0.1, -0.05) is 50.2 Å². The summed E-state index contributed by atoms with van der Waals surface area (Å²) in [7, 11) is 0. The van der Waals surface area contributed by atoms with Crippen molar-refractivity contribution in [2.24, 2.45) is 0 Å². The van der Waals surface area contributed by atoms with Crippen molar-refractivity contribution in [3.8, 4) is 5.75 Å². The SMILES string of the molecule is Cc1ccc(C(C)C)c(O[C@H](C)C(=O)NCCSCc2ccccc2C)c1. The highest BCUT2D eigenvalue weighted by atomic mass is 32.2. The average molecular weight is 386 g/mol. The Hall–Kier alpha value is -1.94. The molecule has 2 aromatic rings. The summed E-state index contributed by atoms with van der Waals surface area (Å²) >= 11 is 1.83. The number of benzene rings is 2. The van der Waals surface area contributed by atoms with Crippen molar-refractivity contribution in [1.29, 1.82) is 0 Å². The maximum absolute atomic E-state index is 12.4. The van der Waals surface area contributed by atoms with Gasteiger partial charge in [0.15, 0.2) is 6.10 Å². The molecule has 0 aliphatic rings. The van der Waals surface area contributed by atoms with Crippen molar-refractivity contribution < 1.29 is 9.53 Å². The monoisotopic (exact) mass is 385 g/mol. The summed E-state index contributed by atoms with van der Waals surface area (Å²) < 4.78 is 5.97. The largest absolute Gasteiger partial charge is 0.481 e. The predicted octanol–water partition coefficient (Wildman–Crippen LogP) is 5.24. The van der Waals surface area contributed by atoms with Crippen molar-refractivity contribution in [3.05, 3.63) is 64.7 Å². The summed E-state index contributed by atoms with van der Waals surface area (Å²) in [5.74, 6) is 2.95. The van der Waals surface area contributed by atoms with Crippen LogP contribution in [-0.2, 0) is 10.5 Å². The lowest BCUT2D eigenvalue weighted by atomic mass is 10.0. The predicted molar refractivity (Wildman–Crippen MR) is 116 cm³/mol. The number of nitrogens with one attached hydrogen (secondary N) is 1. The molecule has 27 heavy (non-hydrogen) atoms. The Labute approximate surface area is 167 Å². The topological polar surface area (TPSA) is 38.3 Å². The first-order chi connectivity index (χ1) is 12.9. The molecule has 0 heterocycles. The van der Waals surface area contributed by atoms with Gasteiger partial charge in [-0.3, -0.25) is 4.79 Å². The normalized spacial score (nSPS) is 12.1. The Kier molecular flexibility index (Phi) is 8.23. The summed E-state index contributed by atoms with van der Waals surface area (Å²) in [5.41, 5.74) is 4.94. The van der Waals surface area contributed by atoms with Crippen LogP contribution in [0.25, 0.3) is 0 Å². The maximum atomic E-state index is 12.4. The average Bonchev–Trinajstić information content (AvgIpc) is 2.62. The molecule has 1 amide bonds. The molecule has 1 N–H and O–H groups in total. The summed E-state index contributed by atoms with van der Waals surface area (Å²) in [6.45, 7) is 10.9. The first-order valence-corrected chi connectivity index (χ1v) is 10.7. The van der Waals surface area contributed by atoms with E-state index in [4.69, 9.17) is 4.74 Å². The molecule has 0 aliphatic heterocycles. The van der Waals surface area contributed by atoms with E-state index in [1.54, 1.807) is 0 Å². The third kappa shape index (κ3) is 6.62. The second-order valence-corrected chi connectivity index (χ2v) is 8.33. The number of hydrogen-bond acceptors (Lipinski definition) is 3. The lowest BCUT2D eigenvalue weighted by molar-refractivity contribution is -0.127. The molecule has 0 radical (unpaired) electrons. The molecule has 0 aliphatic carbocycles. The Morgan fingerprint density at radius 1 is 1.11 bits per heavy atom. The highest BCUT2D eigenvalue weighted by Gasteiger charge is 2.17. The van der Waals surface area contributed by atoms with Gasteiger partial charge in [-0.15, -0.1) is 0 Å². The zero-order valence-corrected chi connectivity index (χ0v) is 17.9. The van der Waals surface area contributed by atoms with Gasteiger partial charge in [0.25, 0.3) is 5.91 Å². The van der Waals surface area contributed by atoms with Gasteiger partial charge in [-0.2, -0.15) is 11.8 Å². The summed E-state index contributed by atoms with van der Waals surface area (Å²) in [5, 5.41) is 2.98. The van der Waals surface area contributed by atoms with E-state index >= 15 is 0 Å². The van der Waals surface area contributed by atoms with Crippen LogP contribution in [0, 0.1) is 13.8 Å². The van der Waals surface area contributed by atoms with Crippen molar-refractivity contribution in [2.75, 3.05) is 12.3 Å². The van der Waals surface area contributed by atoms with Gasteiger partial charge in [0.1, 0.15) is 5.75 Å². The number of aryl methyl sites for hydroxylation is 2. The zero-order chi connectivity index (χ0) is 19.8. The van der Waals surface area contributed by atoms with E-state index in [0.717, 1.165) is 28.4 Å². The lowest BCUT2D eigenvalue weighted by Crippen LogP contribution is -2.37. The molecule has 4 heteroatoms. The number of ether oxygens (including phenoxy) is 1. The molecule has 0 aromatic heterocycles. The van der Waals surface area contributed by atoms with Gasteiger partial charge >= 0.3 is 0 Å². The molecule has 1 atom stereocenters. The fourth-order valence-corrected chi connectivity index (χ4v) is 3.74. The van der Waals surface area contributed by atoms with Crippen LogP contribution in [0.15, 0.2) is 42.5 Å². The third-order valence-electron chi connectivity index (χ3n) is 4.53. The standard InChI is InChI=1S/C23H31NO2S/c1-16(2)21-11-10-17(3)14-22(21)26-19(5)23(25)24-12-13-27-15-20-9-7-6-8-18(20)4/h6-11,14,16,19H,12-13,15H2,1-5H3,(H,24,25)/t19-/m1/s1. The molecule has 146 valence electrons. The number of hydrogen-bond donors (Lipinski definition) is 1. The Morgan fingerprint density at radius 2 is 1.85 bits per heavy atom. The first kappa shape index (κ1) is 21.4. The van der Waals surface area contributed by atoms with E-state index < -0.39 is 6.10 Å². The van der Waals surface area contributed by atoms with E-state index in [1.165, 1.54) is 11.1 Å². The summed E-state index contributed by atoms with van der Waals surface area (Å²) in [6.07, 6.45) is -0.509. The first-order valence-electron chi connectivity index (χ1n) is 9.55. The minimum atomic E-state index is -0.509. The molecular weight excluding hydrogens is 354 g/mol. The number of thioether (sulfide) groups is 1. The maximum Gasteiger partial charge on any atom is 0.260 e. The molecule has 2 rings (SSSR count). The minimum absolute atomic E-state index is 0.0669. The van der Waals surface area contributed by atoms with Crippen molar-refractivity contribution >= 4 is 17.7 Å². The summed E-state index contributed by atoms with van der Waals surface area (Å²) in [6, 6.07) is 14.6. The number of carbonyl (C=O) groups excluding carboxylic acids is 1. The summed E-state index contributed by atoms with van der Waals surface area (Å²) in [4.78, 5) is 12.4. The molecule has 0 fully saturated rings. The Balaban J connectivity index is 1.78. The third-order valence-corrected chi connectivity index (χ3v) is 5.54. The van der Waals surface area contributed by atoms with E-state index in [2.05, 4.69) is 62.5 Å². The van der Waals surface area contributed by atoms with Gasteiger partial charge < -0.3 is 10.1 Å². The molecule has 0 spiro atoms. The Bertz CT molecular complexity index is 758. The molecular formula is C23H31NO2S. The van der Waals surface area contributed by atoms with Gasteiger partial charge in [0, 0.05) is 18.1 Å². The number of amides is 1. The van der Waals surface area contributed by atoms with Crippen LogP contribution in [0.4, 0.5) is 0 Å². The quantitative estimate of drug-likeness (QED) is 0.600. The van der Waals surface area contributed by atoms with Gasteiger partial charge in [0.05, 0.1) is 0 Å². The molecule has 0 saturated carbocycles. The minimum Gasteiger partial charge on any atom is -0.481 e. The van der Waals surface area contributed by atoms with E-state index in [9.17, 15) is 4.79 Å². The van der Waals surface area contributed by atoms with E-state index in [1.807, 2.05) is 31.7 Å². The lowest BCUT2D eigenvalue weighted by Gasteiger charge is -2.19. The fourth-order valence-electron chi connectivity index (χ4n) is 2.81.